The number of sulfonamides is 1. The maximum atomic E-state index is 13.0. The summed E-state index contributed by atoms with van der Waals surface area (Å²) in [6.07, 6.45) is -3.99. The minimum absolute atomic E-state index is 0.160. The van der Waals surface area contributed by atoms with E-state index in [-0.39, 0.29) is 46.8 Å². The Morgan fingerprint density at radius 3 is 2.68 bits per heavy atom. The van der Waals surface area contributed by atoms with Crippen molar-refractivity contribution in [3.63, 3.8) is 0 Å². The second kappa shape index (κ2) is 11.7. The molecule has 5 rings (SSSR count). The largest absolute Gasteiger partial charge is 0.458 e. The van der Waals surface area contributed by atoms with Gasteiger partial charge in [-0.1, -0.05) is 0 Å². The lowest BCUT2D eigenvalue weighted by Gasteiger charge is -2.32. The number of anilines is 2. The van der Waals surface area contributed by atoms with Gasteiger partial charge in [0.15, 0.2) is 11.9 Å². The van der Waals surface area contributed by atoms with Crippen LogP contribution in [0.25, 0.3) is 0 Å². The summed E-state index contributed by atoms with van der Waals surface area (Å²) in [5, 5.41) is 20.4. The van der Waals surface area contributed by atoms with Crippen molar-refractivity contribution in [1.82, 2.24) is 19.4 Å². The summed E-state index contributed by atoms with van der Waals surface area (Å²) in [5.74, 6) is -1.38. The van der Waals surface area contributed by atoms with Crippen molar-refractivity contribution in [2.75, 3.05) is 25.0 Å². The fourth-order valence-corrected chi connectivity index (χ4v) is 7.26. The minimum atomic E-state index is -4.69. The number of amides is 1. The Hall–Kier alpha value is -3.68. The van der Waals surface area contributed by atoms with Gasteiger partial charge in [0, 0.05) is 31.1 Å². The number of aromatic nitrogens is 2. The number of nitrogens with zero attached hydrogens (tertiary/aromatic N) is 4. The van der Waals surface area contributed by atoms with E-state index < -0.39 is 52.9 Å². The minimum Gasteiger partial charge on any atom is -0.458 e. The molecule has 12 nitrogen and oxygen atoms in total. The summed E-state index contributed by atoms with van der Waals surface area (Å²) in [4.78, 5) is 25.1. The van der Waals surface area contributed by atoms with Crippen LogP contribution in [0.15, 0.2) is 23.1 Å². The second-order valence-electron chi connectivity index (χ2n) is 12.1. The summed E-state index contributed by atoms with van der Waals surface area (Å²) < 4.78 is 77.3. The fraction of sp³-hybridized carbons (Fsp3) is 0.571. The van der Waals surface area contributed by atoms with Crippen LogP contribution < -0.4 is 10.6 Å². The lowest BCUT2D eigenvalue weighted by molar-refractivity contribution is -0.173. The molecule has 2 aromatic rings. The number of hydrogen-bond acceptors (Lipinski definition) is 9. The maximum Gasteiger partial charge on any atom is 0.402 e. The number of halogens is 3. The molecule has 0 aliphatic carbocycles. The number of carbonyl (C=O) groups excluding carboxylic acids is 2. The van der Waals surface area contributed by atoms with Crippen molar-refractivity contribution in [2.24, 2.45) is 11.8 Å². The maximum absolute atomic E-state index is 13.0. The highest BCUT2D eigenvalue weighted by atomic mass is 32.2. The van der Waals surface area contributed by atoms with Crippen LogP contribution in [0.2, 0.25) is 0 Å². The molecule has 0 saturated carbocycles. The van der Waals surface area contributed by atoms with Gasteiger partial charge in [0.2, 0.25) is 10.0 Å². The molecule has 44 heavy (non-hydrogen) atoms. The summed E-state index contributed by atoms with van der Waals surface area (Å²) in [6, 6.07) is 6.37. The Balaban J connectivity index is 1.33. The third-order valence-corrected chi connectivity index (χ3v) is 9.55. The molecule has 16 heteroatoms. The van der Waals surface area contributed by atoms with Crippen molar-refractivity contribution in [3.05, 3.63) is 35.0 Å². The number of ether oxygens (including phenoxy) is 2. The monoisotopic (exact) mass is 638 g/mol. The van der Waals surface area contributed by atoms with Crippen LogP contribution in [-0.2, 0) is 43.8 Å². The van der Waals surface area contributed by atoms with Crippen molar-refractivity contribution >= 4 is 33.4 Å². The van der Waals surface area contributed by atoms with Crippen LogP contribution in [0.4, 0.5) is 24.7 Å². The number of benzene rings is 1. The molecule has 1 amide bonds. The molecular weight excluding hydrogens is 605 g/mol. The number of rotatable bonds is 7. The first-order chi connectivity index (χ1) is 20.6. The van der Waals surface area contributed by atoms with E-state index in [9.17, 15) is 36.4 Å². The third kappa shape index (κ3) is 6.69. The van der Waals surface area contributed by atoms with E-state index in [1.54, 1.807) is 25.5 Å². The second-order valence-corrected chi connectivity index (χ2v) is 14.0. The van der Waals surface area contributed by atoms with E-state index in [4.69, 9.17) is 9.47 Å². The number of esters is 1. The zero-order valence-electron chi connectivity index (χ0n) is 24.4. The van der Waals surface area contributed by atoms with E-state index >= 15 is 0 Å². The quantitative estimate of drug-likeness (QED) is 0.435. The van der Waals surface area contributed by atoms with Crippen LogP contribution >= 0.6 is 0 Å². The van der Waals surface area contributed by atoms with Gasteiger partial charge in [-0.05, 0) is 57.4 Å². The van der Waals surface area contributed by atoms with Crippen molar-refractivity contribution in [2.45, 2.75) is 75.9 Å². The van der Waals surface area contributed by atoms with Crippen molar-refractivity contribution < 1.29 is 40.7 Å². The number of nitrogens with one attached hydrogen (secondary N) is 2. The molecule has 2 N–H and O–H groups in total. The first kappa shape index (κ1) is 31.7. The van der Waals surface area contributed by atoms with E-state index in [1.165, 1.54) is 18.2 Å². The molecule has 1 aromatic carbocycles. The average Bonchev–Trinajstić information content (AvgIpc) is 3.39. The first-order valence-corrected chi connectivity index (χ1v) is 15.6. The Morgan fingerprint density at radius 1 is 1.30 bits per heavy atom. The summed E-state index contributed by atoms with van der Waals surface area (Å²) >= 11 is 0. The molecule has 3 aliphatic heterocycles. The highest BCUT2D eigenvalue weighted by molar-refractivity contribution is 7.89. The molecule has 0 bridgehead atoms. The summed E-state index contributed by atoms with van der Waals surface area (Å²) in [7, 11) is -4.30. The van der Waals surface area contributed by atoms with Gasteiger partial charge in [-0.25, -0.2) is 13.2 Å². The van der Waals surface area contributed by atoms with Gasteiger partial charge in [0.1, 0.15) is 17.7 Å². The normalized spacial score (nSPS) is 22.3. The van der Waals surface area contributed by atoms with E-state index in [0.717, 1.165) is 0 Å². The topological polar surface area (TPSA) is 156 Å². The average molecular weight is 639 g/mol. The molecule has 0 radical (unpaired) electrons. The Kier molecular flexibility index (Phi) is 8.42. The summed E-state index contributed by atoms with van der Waals surface area (Å²) in [5.41, 5.74) is 0.756. The molecule has 3 unspecified atom stereocenters. The predicted octanol–water partition coefficient (Wildman–Crippen LogP) is 3.26. The number of hydrogen-bond donors (Lipinski definition) is 2. The van der Waals surface area contributed by atoms with E-state index in [2.05, 4.69) is 21.8 Å². The van der Waals surface area contributed by atoms with Crippen molar-refractivity contribution in [1.29, 1.82) is 5.26 Å². The predicted molar refractivity (Wildman–Crippen MR) is 149 cm³/mol. The molecule has 238 valence electrons. The van der Waals surface area contributed by atoms with Crippen LogP contribution in [0, 0.1) is 23.2 Å². The smallest absolute Gasteiger partial charge is 0.402 e. The molecule has 1 aromatic heterocycles. The number of nitriles is 1. The van der Waals surface area contributed by atoms with Gasteiger partial charge >= 0.3 is 12.1 Å². The Labute approximate surface area is 252 Å². The number of carbonyl (C=O) groups is 2. The Bertz CT molecular complexity index is 1600. The van der Waals surface area contributed by atoms with Gasteiger partial charge < -0.3 is 20.1 Å². The van der Waals surface area contributed by atoms with E-state index in [0.29, 0.717) is 41.5 Å². The fourth-order valence-electron chi connectivity index (χ4n) is 5.66. The SMILES string of the molecule is CC(C)(C)OC(=O)C1CCC(C(C#N)Cn2nc(Nc3ccc4c(c3)CN(CC(F)(F)F)S4(=O)=O)c3c2CCNC3=O)CO1. The zero-order valence-corrected chi connectivity index (χ0v) is 25.2. The third-order valence-electron chi connectivity index (χ3n) is 7.66. The lowest BCUT2D eigenvalue weighted by Crippen LogP contribution is -2.39. The van der Waals surface area contributed by atoms with Gasteiger partial charge in [-0.3, -0.25) is 9.48 Å². The molecule has 1 saturated heterocycles. The van der Waals surface area contributed by atoms with Gasteiger partial charge in [0.25, 0.3) is 5.91 Å². The molecule has 4 heterocycles. The highest BCUT2D eigenvalue weighted by Crippen LogP contribution is 2.36. The van der Waals surface area contributed by atoms with Crippen LogP contribution in [0.5, 0.6) is 0 Å². The van der Waals surface area contributed by atoms with Gasteiger partial charge in [-0.2, -0.15) is 27.8 Å². The van der Waals surface area contributed by atoms with Crippen LogP contribution in [0.3, 0.4) is 0 Å². The van der Waals surface area contributed by atoms with Gasteiger partial charge in [0.05, 0.1) is 35.7 Å². The summed E-state index contributed by atoms with van der Waals surface area (Å²) in [6.45, 7) is 3.99. The van der Waals surface area contributed by atoms with Crippen LogP contribution in [0.1, 0.15) is 55.2 Å². The van der Waals surface area contributed by atoms with Gasteiger partial charge in [-0.15, -0.1) is 0 Å². The molecule has 0 spiro atoms. The molecule has 3 atom stereocenters. The zero-order chi connectivity index (χ0) is 32.0. The Morgan fingerprint density at radius 2 is 2.05 bits per heavy atom. The molecule has 1 fully saturated rings. The standard InChI is InChI=1S/C28H33F3N6O6S/c1-27(2,3)43-26(39)21-6-4-16(14-42-21)18(11-32)13-37-20-8-9-33-25(38)23(20)24(35-37)34-19-5-7-22-17(10-19)12-36(44(22,40)41)15-28(29,30)31/h5,7,10,16,18,21H,4,6,8-9,12-15H2,1-3H3,(H,33,38)(H,34,35). The van der Waals surface area contributed by atoms with Crippen LogP contribution in [-0.4, -0.2) is 72.0 Å². The highest BCUT2D eigenvalue weighted by Gasteiger charge is 2.42. The van der Waals surface area contributed by atoms with E-state index in [1.807, 2.05) is 0 Å². The number of alkyl halides is 3. The lowest BCUT2D eigenvalue weighted by atomic mass is 9.87. The number of fused-ring (bicyclic) bond motifs is 2. The van der Waals surface area contributed by atoms with Crippen molar-refractivity contribution in [3.8, 4) is 6.07 Å². The molecule has 3 aliphatic rings. The first-order valence-electron chi connectivity index (χ1n) is 14.1. The molecular formula is C28H33F3N6O6S.